The fraction of sp³-hybridized carbons (Fsp3) is 0.500. The molecule has 0 aromatic heterocycles. The molecule has 0 radical (unpaired) electrons. The average Bonchev–Trinajstić information content (AvgIpc) is 2.77. The fourth-order valence-corrected chi connectivity index (χ4v) is 2.07. The van der Waals surface area contributed by atoms with Gasteiger partial charge in [0.25, 0.3) is 0 Å². The lowest BCUT2D eigenvalue weighted by atomic mass is 10.1. The van der Waals surface area contributed by atoms with E-state index < -0.39 is 11.6 Å². The predicted molar refractivity (Wildman–Crippen MR) is 58.2 cm³/mol. The summed E-state index contributed by atoms with van der Waals surface area (Å²) in [6, 6.07) is 2.33. The normalized spacial score (nSPS) is 16.6. The largest absolute Gasteiger partial charge is 0.488 e. The van der Waals surface area contributed by atoms with E-state index in [0.29, 0.717) is 12.5 Å². The van der Waals surface area contributed by atoms with Crippen molar-refractivity contribution in [3.05, 3.63) is 23.8 Å². The Labute approximate surface area is 93.4 Å². The van der Waals surface area contributed by atoms with Gasteiger partial charge in [0.05, 0.1) is 12.3 Å². The minimum Gasteiger partial charge on any atom is -0.488 e. The summed E-state index contributed by atoms with van der Waals surface area (Å²) in [5.74, 6) is -1.61. The Morgan fingerprint density at radius 1 is 1.25 bits per heavy atom. The third-order valence-electron chi connectivity index (χ3n) is 3.02. The highest BCUT2D eigenvalue weighted by Gasteiger charge is 2.18. The molecule has 16 heavy (non-hydrogen) atoms. The number of ether oxygens (including phenoxy) is 1. The van der Waals surface area contributed by atoms with Gasteiger partial charge in [-0.3, -0.25) is 0 Å². The van der Waals surface area contributed by atoms with Crippen molar-refractivity contribution in [2.45, 2.75) is 25.7 Å². The first-order valence-corrected chi connectivity index (χ1v) is 5.54. The summed E-state index contributed by atoms with van der Waals surface area (Å²) in [7, 11) is 0. The van der Waals surface area contributed by atoms with E-state index in [1.807, 2.05) is 0 Å². The second-order valence-electron chi connectivity index (χ2n) is 4.24. The Morgan fingerprint density at radius 3 is 2.62 bits per heavy atom. The van der Waals surface area contributed by atoms with Crippen LogP contribution >= 0.6 is 0 Å². The van der Waals surface area contributed by atoms with E-state index in [4.69, 9.17) is 10.5 Å². The van der Waals surface area contributed by atoms with Crippen molar-refractivity contribution >= 4 is 5.69 Å². The van der Waals surface area contributed by atoms with Gasteiger partial charge in [-0.05, 0) is 30.9 Å². The fourth-order valence-electron chi connectivity index (χ4n) is 2.07. The van der Waals surface area contributed by atoms with Crippen molar-refractivity contribution in [1.82, 2.24) is 0 Å². The summed E-state index contributed by atoms with van der Waals surface area (Å²) in [6.45, 7) is 0.421. The summed E-state index contributed by atoms with van der Waals surface area (Å²) in [5, 5.41) is 0. The van der Waals surface area contributed by atoms with Crippen molar-refractivity contribution < 1.29 is 13.5 Å². The Morgan fingerprint density at radius 2 is 1.94 bits per heavy atom. The van der Waals surface area contributed by atoms with Crippen molar-refractivity contribution in [3.8, 4) is 5.75 Å². The van der Waals surface area contributed by atoms with Crippen molar-refractivity contribution in [3.63, 3.8) is 0 Å². The molecule has 0 atom stereocenters. The standard InChI is InChI=1S/C12H15F2NO/c13-9-5-6-10(15)12(11(9)14)16-7-8-3-1-2-4-8/h5-6,8H,1-4,7,15H2. The number of benzene rings is 1. The molecule has 1 aromatic carbocycles. The Hall–Kier alpha value is -1.32. The molecule has 88 valence electrons. The lowest BCUT2D eigenvalue weighted by Crippen LogP contribution is -2.10. The number of nitrogen functional groups attached to an aromatic ring is 1. The molecule has 0 aliphatic heterocycles. The minimum absolute atomic E-state index is 0.146. The molecule has 1 saturated carbocycles. The topological polar surface area (TPSA) is 35.2 Å². The third-order valence-corrected chi connectivity index (χ3v) is 3.02. The molecule has 2 rings (SSSR count). The van der Waals surface area contributed by atoms with Crippen LogP contribution in [0.1, 0.15) is 25.7 Å². The molecule has 1 fully saturated rings. The first kappa shape index (κ1) is 11.2. The smallest absolute Gasteiger partial charge is 0.202 e. The SMILES string of the molecule is Nc1ccc(F)c(F)c1OCC1CCCC1. The van der Waals surface area contributed by atoms with Crippen LogP contribution in [0.25, 0.3) is 0 Å². The van der Waals surface area contributed by atoms with E-state index >= 15 is 0 Å². The number of anilines is 1. The summed E-state index contributed by atoms with van der Waals surface area (Å²) in [4.78, 5) is 0. The number of hydrogen-bond donors (Lipinski definition) is 1. The summed E-state index contributed by atoms with van der Waals surface area (Å²) < 4.78 is 31.6. The molecule has 2 N–H and O–H groups in total. The maximum atomic E-state index is 13.4. The first-order valence-electron chi connectivity index (χ1n) is 5.54. The lowest BCUT2D eigenvalue weighted by molar-refractivity contribution is 0.240. The number of nitrogens with two attached hydrogens (primary N) is 1. The summed E-state index contributed by atoms with van der Waals surface area (Å²) in [6.07, 6.45) is 4.57. The van der Waals surface area contributed by atoms with Crippen LogP contribution in [0.15, 0.2) is 12.1 Å². The Kier molecular flexibility index (Phi) is 3.27. The molecule has 0 amide bonds. The van der Waals surface area contributed by atoms with Crippen molar-refractivity contribution in [1.29, 1.82) is 0 Å². The number of hydrogen-bond acceptors (Lipinski definition) is 2. The zero-order valence-electron chi connectivity index (χ0n) is 9.01. The molecular formula is C12H15F2NO. The van der Waals surface area contributed by atoms with Gasteiger partial charge in [0.1, 0.15) is 0 Å². The van der Waals surface area contributed by atoms with E-state index in [1.165, 1.54) is 18.9 Å². The van der Waals surface area contributed by atoms with Crippen LogP contribution in [-0.2, 0) is 0 Å². The van der Waals surface area contributed by atoms with Gasteiger partial charge in [0, 0.05) is 0 Å². The van der Waals surface area contributed by atoms with E-state index in [0.717, 1.165) is 18.9 Å². The second-order valence-corrected chi connectivity index (χ2v) is 4.24. The van der Waals surface area contributed by atoms with Gasteiger partial charge in [-0.1, -0.05) is 12.8 Å². The summed E-state index contributed by atoms with van der Waals surface area (Å²) >= 11 is 0. The molecule has 0 saturated heterocycles. The minimum atomic E-state index is -0.988. The van der Waals surface area contributed by atoms with Gasteiger partial charge in [0.2, 0.25) is 5.82 Å². The molecule has 0 bridgehead atoms. The zero-order valence-corrected chi connectivity index (χ0v) is 9.01. The molecular weight excluding hydrogens is 212 g/mol. The average molecular weight is 227 g/mol. The molecule has 0 spiro atoms. The van der Waals surface area contributed by atoms with Gasteiger partial charge in [-0.25, -0.2) is 4.39 Å². The van der Waals surface area contributed by atoms with Crippen LogP contribution in [0.5, 0.6) is 5.75 Å². The van der Waals surface area contributed by atoms with Crippen LogP contribution in [0, 0.1) is 17.6 Å². The molecule has 0 heterocycles. The van der Waals surface area contributed by atoms with Crippen LogP contribution in [-0.4, -0.2) is 6.61 Å². The highest BCUT2D eigenvalue weighted by Crippen LogP contribution is 2.30. The predicted octanol–water partition coefficient (Wildman–Crippen LogP) is 3.12. The van der Waals surface area contributed by atoms with Gasteiger partial charge < -0.3 is 10.5 Å². The van der Waals surface area contributed by atoms with Gasteiger partial charge in [-0.2, -0.15) is 4.39 Å². The molecule has 1 aromatic rings. The van der Waals surface area contributed by atoms with E-state index in [-0.39, 0.29) is 11.4 Å². The molecule has 0 unspecified atom stereocenters. The van der Waals surface area contributed by atoms with E-state index in [2.05, 4.69) is 0 Å². The maximum Gasteiger partial charge on any atom is 0.202 e. The van der Waals surface area contributed by atoms with E-state index in [9.17, 15) is 8.78 Å². The Bertz CT molecular complexity index is 376. The number of halogens is 2. The molecule has 1 aliphatic rings. The first-order chi connectivity index (χ1) is 7.68. The summed E-state index contributed by atoms with van der Waals surface area (Å²) in [5.41, 5.74) is 5.69. The Balaban J connectivity index is 2.05. The highest BCUT2D eigenvalue weighted by atomic mass is 19.2. The van der Waals surface area contributed by atoms with Crippen LogP contribution in [0.3, 0.4) is 0 Å². The third kappa shape index (κ3) is 2.26. The van der Waals surface area contributed by atoms with Gasteiger partial charge in [0.15, 0.2) is 11.6 Å². The molecule has 2 nitrogen and oxygen atoms in total. The quantitative estimate of drug-likeness (QED) is 0.805. The van der Waals surface area contributed by atoms with Crippen LogP contribution < -0.4 is 10.5 Å². The maximum absolute atomic E-state index is 13.4. The molecule has 1 aliphatic carbocycles. The highest BCUT2D eigenvalue weighted by molar-refractivity contribution is 5.53. The van der Waals surface area contributed by atoms with Crippen LogP contribution in [0.4, 0.5) is 14.5 Å². The van der Waals surface area contributed by atoms with E-state index in [1.54, 1.807) is 0 Å². The zero-order chi connectivity index (χ0) is 11.5. The van der Waals surface area contributed by atoms with Crippen LogP contribution in [0.2, 0.25) is 0 Å². The monoisotopic (exact) mass is 227 g/mol. The second kappa shape index (κ2) is 4.68. The number of rotatable bonds is 3. The van der Waals surface area contributed by atoms with Gasteiger partial charge in [-0.15, -0.1) is 0 Å². The lowest BCUT2D eigenvalue weighted by Gasteiger charge is -2.13. The van der Waals surface area contributed by atoms with Gasteiger partial charge >= 0.3 is 0 Å². The molecule has 4 heteroatoms. The van der Waals surface area contributed by atoms with Crippen molar-refractivity contribution in [2.75, 3.05) is 12.3 Å². The van der Waals surface area contributed by atoms with Crippen molar-refractivity contribution in [2.24, 2.45) is 5.92 Å².